The van der Waals surface area contributed by atoms with Gasteiger partial charge in [-0.05, 0) is 26.3 Å². The van der Waals surface area contributed by atoms with Crippen molar-refractivity contribution in [3.05, 3.63) is 22.7 Å². The summed E-state index contributed by atoms with van der Waals surface area (Å²) in [6, 6.07) is -0.211. The van der Waals surface area contributed by atoms with Gasteiger partial charge >= 0.3 is 17.6 Å². The molecule has 0 radical (unpaired) electrons. The third kappa shape index (κ3) is 4.66. The second-order valence-electron chi connectivity index (χ2n) is 6.88. The molecule has 6 N–H and O–H groups in total. The molecule has 0 spiro atoms. The molecule has 1 aromatic heterocycles. The van der Waals surface area contributed by atoms with Crippen LogP contribution < -0.4 is 22.9 Å². The van der Waals surface area contributed by atoms with Crippen LogP contribution in [0.4, 0.5) is 5.82 Å². The van der Waals surface area contributed by atoms with Gasteiger partial charge in [0.05, 0.1) is 0 Å². The van der Waals surface area contributed by atoms with Gasteiger partial charge in [-0.1, -0.05) is 6.92 Å². The van der Waals surface area contributed by atoms with E-state index < -0.39 is 47.6 Å². The Morgan fingerprint density at radius 1 is 1.36 bits per heavy atom. The van der Waals surface area contributed by atoms with Crippen molar-refractivity contribution in [2.75, 3.05) is 12.3 Å². The minimum Gasteiger partial charge on any atom is -0.461 e. The summed E-state index contributed by atoms with van der Waals surface area (Å²) in [4.78, 5) is 39.8. The molecule has 0 aliphatic carbocycles. The molecule has 1 aliphatic heterocycles. The number of carbonyl (C=O) groups is 2. The smallest absolute Gasteiger partial charge is 0.351 e. The van der Waals surface area contributed by atoms with Crippen LogP contribution in [0.1, 0.15) is 39.8 Å². The number of carbonyl (C=O) groups excluding carboxylic acids is 2. The number of nitrogens with two attached hydrogens (primary N) is 3. The number of aromatic nitrogens is 2. The molecule has 0 bridgehead atoms. The average molecular weight is 397 g/mol. The summed E-state index contributed by atoms with van der Waals surface area (Å²) in [5, 5.41) is 0. The minimum absolute atomic E-state index is 0.0757. The highest BCUT2D eigenvalue weighted by Gasteiger charge is 2.52. The van der Waals surface area contributed by atoms with Gasteiger partial charge < -0.3 is 31.4 Å². The minimum atomic E-state index is -1.17. The maximum atomic E-state index is 12.2. The number of esters is 2. The van der Waals surface area contributed by atoms with Crippen molar-refractivity contribution in [2.45, 2.75) is 63.6 Å². The fourth-order valence-electron chi connectivity index (χ4n) is 2.88. The van der Waals surface area contributed by atoms with Crippen molar-refractivity contribution in [1.29, 1.82) is 0 Å². The monoisotopic (exact) mass is 397 g/mol. The number of rotatable bonds is 7. The Balaban J connectivity index is 2.32. The van der Waals surface area contributed by atoms with E-state index in [1.54, 1.807) is 6.92 Å². The lowest BCUT2D eigenvalue weighted by molar-refractivity contribution is -0.180. The zero-order valence-corrected chi connectivity index (χ0v) is 16.2. The number of hydrogen-bond donors (Lipinski definition) is 3. The molecule has 156 valence electrons. The second kappa shape index (κ2) is 8.67. The standard InChI is InChI=1S/C17H27N5O6/c1-4-17(8-26-14(23)9(2)18)11(27-15(24)10(3)19)7-13(28-17)22-6-5-12(20)21-16(22)25/h5-6,9-11,13H,4,7-8,18-19H2,1-3H3,(H2,20,21,25)/t9-,10+,11-,13+,17+/m0/s1. The number of nitrogens with zero attached hydrogens (tertiary/aromatic N) is 2. The van der Waals surface area contributed by atoms with Gasteiger partial charge in [0.2, 0.25) is 0 Å². The van der Waals surface area contributed by atoms with Crippen LogP contribution >= 0.6 is 0 Å². The van der Waals surface area contributed by atoms with E-state index in [1.807, 2.05) is 0 Å². The first kappa shape index (κ1) is 21.8. The molecule has 11 nitrogen and oxygen atoms in total. The zero-order chi connectivity index (χ0) is 21.1. The van der Waals surface area contributed by atoms with Crippen molar-refractivity contribution >= 4 is 17.8 Å². The zero-order valence-electron chi connectivity index (χ0n) is 16.2. The van der Waals surface area contributed by atoms with Gasteiger partial charge in [0.1, 0.15) is 42.4 Å². The second-order valence-corrected chi connectivity index (χ2v) is 6.88. The van der Waals surface area contributed by atoms with E-state index in [4.69, 9.17) is 31.4 Å². The van der Waals surface area contributed by atoms with E-state index >= 15 is 0 Å². The molecule has 11 heteroatoms. The highest BCUT2D eigenvalue weighted by Crippen LogP contribution is 2.41. The predicted molar refractivity (Wildman–Crippen MR) is 98.8 cm³/mol. The first-order chi connectivity index (χ1) is 13.1. The molecule has 1 fully saturated rings. The van der Waals surface area contributed by atoms with Crippen LogP contribution in [0.3, 0.4) is 0 Å². The largest absolute Gasteiger partial charge is 0.461 e. The molecule has 2 rings (SSSR count). The predicted octanol–water partition coefficient (Wildman–Crippen LogP) is -0.957. The molecular weight excluding hydrogens is 370 g/mol. The Hall–Kier alpha value is -2.50. The van der Waals surface area contributed by atoms with Gasteiger partial charge in [-0.25, -0.2) is 4.79 Å². The van der Waals surface area contributed by atoms with Gasteiger partial charge in [-0.15, -0.1) is 0 Å². The van der Waals surface area contributed by atoms with Crippen molar-refractivity contribution in [2.24, 2.45) is 11.5 Å². The molecule has 0 saturated carbocycles. The average Bonchev–Trinajstić information content (AvgIpc) is 2.97. The number of hydrogen-bond acceptors (Lipinski definition) is 10. The molecule has 1 aliphatic rings. The van der Waals surface area contributed by atoms with Crippen LogP contribution in [-0.2, 0) is 23.8 Å². The molecular formula is C17H27N5O6. The fraction of sp³-hybridized carbons (Fsp3) is 0.647. The van der Waals surface area contributed by atoms with Gasteiger partial charge in [0.25, 0.3) is 0 Å². The van der Waals surface area contributed by atoms with E-state index in [-0.39, 0.29) is 18.8 Å². The van der Waals surface area contributed by atoms with Crippen molar-refractivity contribution in [3.8, 4) is 0 Å². The molecule has 1 saturated heterocycles. The van der Waals surface area contributed by atoms with E-state index in [2.05, 4.69) is 4.98 Å². The van der Waals surface area contributed by atoms with Crippen LogP contribution in [0.5, 0.6) is 0 Å². The normalized spacial score (nSPS) is 26.5. The van der Waals surface area contributed by atoms with Crippen LogP contribution in [0, 0.1) is 0 Å². The summed E-state index contributed by atoms with van der Waals surface area (Å²) in [7, 11) is 0. The fourth-order valence-corrected chi connectivity index (χ4v) is 2.88. The SMILES string of the molecule is CC[C@]1(COC(=O)[C@H](C)N)O[C@@H](n2ccc(N)nc2=O)C[C@@H]1OC(=O)[C@@H](C)N. The highest BCUT2D eigenvalue weighted by molar-refractivity contribution is 5.75. The molecule has 28 heavy (non-hydrogen) atoms. The maximum Gasteiger partial charge on any atom is 0.351 e. The van der Waals surface area contributed by atoms with E-state index in [0.29, 0.717) is 6.42 Å². The lowest BCUT2D eigenvalue weighted by atomic mass is 9.94. The summed E-state index contributed by atoms with van der Waals surface area (Å²) < 4.78 is 18.1. The Morgan fingerprint density at radius 3 is 2.54 bits per heavy atom. The summed E-state index contributed by atoms with van der Waals surface area (Å²) in [6.07, 6.45) is 0.336. The van der Waals surface area contributed by atoms with Crippen LogP contribution in [0.25, 0.3) is 0 Å². The van der Waals surface area contributed by atoms with Crippen molar-refractivity contribution < 1.29 is 23.8 Å². The van der Waals surface area contributed by atoms with Crippen LogP contribution in [0.2, 0.25) is 0 Å². The Kier molecular flexibility index (Phi) is 6.75. The number of ether oxygens (including phenoxy) is 3. The third-order valence-corrected chi connectivity index (χ3v) is 4.59. The lowest BCUT2D eigenvalue weighted by Crippen LogP contribution is -2.48. The van der Waals surface area contributed by atoms with Gasteiger partial charge in [0, 0.05) is 12.6 Å². The van der Waals surface area contributed by atoms with E-state index in [1.165, 1.54) is 30.7 Å². The molecule has 2 heterocycles. The number of anilines is 1. The topological polar surface area (TPSA) is 175 Å². The Labute approximate surface area is 162 Å². The summed E-state index contributed by atoms with van der Waals surface area (Å²) in [5.41, 5.74) is 14.9. The third-order valence-electron chi connectivity index (χ3n) is 4.59. The van der Waals surface area contributed by atoms with Crippen molar-refractivity contribution in [1.82, 2.24) is 9.55 Å². The first-order valence-corrected chi connectivity index (χ1v) is 9.00. The summed E-state index contributed by atoms with van der Waals surface area (Å²) >= 11 is 0. The van der Waals surface area contributed by atoms with Crippen LogP contribution in [0.15, 0.2) is 17.1 Å². The van der Waals surface area contributed by atoms with Gasteiger partial charge in [-0.3, -0.25) is 14.2 Å². The molecule has 0 unspecified atom stereocenters. The van der Waals surface area contributed by atoms with Gasteiger partial charge in [-0.2, -0.15) is 4.98 Å². The Morgan fingerprint density at radius 2 is 2.00 bits per heavy atom. The quantitative estimate of drug-likeness (QED) is 0.486. The van der Waals surface area contributed by atoms with Crippen molar-refractivity contribution in [3.63, 3.8) is 0 Å². The number of nitrogen functional groups attached to an aromatic ring is 1. The summed E-state index contributed by atoms with van der Waals surface area (Å²) in [5.74, 6) is -1.18. The molecule has 1 aromatic rings. The lowest BCUT2D eigenvalue weighted by Gasteiger charge is -2.33. The molecule has 0 amide bonds. The van der Waals surface area contributed by atoms with E-state index in [0.717, 1.165) is 0 Å². The van der Waals surface area contributed by atoms with Gasteiger partial charge in [0.15, 0.2) is 0 Å². The first-order valence-electron chi connectivity index (χ1n) is 9.00. The highest BCUT2D eigenvalue weighted by atomic mass is 16.6. The van der Waals surface area contributed by atoms with E-state index in [9.17, 15) is 14.4 Å². The van der Waals surface area contributed by atoms with Crippen LogP contribution in [-0.4, -0.2) is 51.9 Å². The maximum absolute atomic E-state index is 12.2. The Bertz CT molecular complexity index is 780. The molecule has 0 aromatic carbocycles. The molecule has 5 atom stereocenters. The summed E-state index contributed by atoms with van der Waals surface area (Å²) in [6.45, 7) is 4.58.